The Morgan fingerprint density at radius 3 is 2.75 bits per heavy atom. The molecule has 0 unspecified atom stereocenters. The molecule has 1 amide bonds. The second kappa shape index (κ2) is 6.39. The molecule has 0 spiro atoms. The number of nitrogens with one attached hydrogen (secondary N) is 2. The number of hydrogen-bond acceptors (Lipinski definition) is 3. The first kappa shape index (κ1) is 14.3. The highest BCUT2D eigenvalue weighted by atomic mass is 35.5. The highest BCUT2D eigenvalue weighted by Crippen LogP contribution is 2.18. The number of aromatic nitrogens is 1. The molecule has 104 valence electrons. The number of hydrogen-bond donors (Lipinski definition) is 2. The first-order chi connectivity index (χ1) is 9.60. The van der Waals surface area contributed by atoms with Gasteiger partial charge in [0.1, 0.15) is 11.0 Å². The van der Waals surface area contributed by atoms with Crippen LogP contribution in [0.15, 0.2) is 36.4 Å². The van der Waals surface area contributed by atoms with Gasteiger partial charge in [0.25, 0.3) is 5.91 Å². The number of benzene rings is 1. The Morgan fingerprint density at radius 2 is 2.05 bits per heavy atom. The van der Waals surface area contributed by atoms with Crippen molar-refractivity contribution in [1.29, 1.82) is 0 Å². The smallest absolute Gasteiger partial charge is 0.255 e. The lowest BCUT2D eigenvalue weighted by atomic mass is 10.2. The molecule has 0 saturated heterocycles. The quantitative estimate of drug-likeness (QED) is 0.843. The lowest BCUT2D eigenvalue weighted by molar-refractivity contribution is 0.102. The Morgan fingerprint density at radius 1 is 1.30 bits per heavy atom. The SMILES string of the molecule is CCNc1cc(C(=O)Nc2ccccc2C)cc(Cl)n1. The van der Waals surface area contributed by atoms with Gasteiger partial charge in [0.15, 0.2) is 0 Å². The second-order valence-electron chi connectivity index (χ2n) is 4.36. The third-order valence-electron chi connectivity index (χ3n) is 2.81. The van der Waals surface area contributed by atoms with Gasteiger partial charge in [-0.3, -0.25) is 4.79 Å². The Hall–Kier alpha value is -2.07. The predicted octanol–water partition coefficient (Wildman–Crippen LogP) is 3.73. The van der Waals surface area contributed by atoms with Gasteiger partial charge in [0, 0.05) is 17.8 Å². The van der Waals surface area contributed by atoms with Crippen LogP contribution in [0, 0.1) is 6.92 Å². The zero-order valence-corrected chi connectivity index (χ0v) is 12.2. The van der Waals surface area contributed by atoms with Crippen molar-refractivity contribution < 1.29 is 4.79 Å². The minimum absolute atomic E-state index is 0.206. The van der Waals surface area contributed by atoms with Crippen LogP contribution in [0.25, 0.3) is 0 Å². The minimum Gasteiger partial charge on any atom is -0.370 e. The molecular weight excluding hydrogens is 274 g/mol. The summed E-state index contributed by atoms with van der Waals surface area (Å²) in [5.74, 6) is 0.387. The number of carbonyl (C=O) groups is 1. The summed E-state index contributed by atoms with van der Waals surface area (Å²) in [5.41, 5.74) is 2.27. The van der Waals surface area contributed by atoms with E-state index in [1.165, 1.54) is 0 Å². The van der Waals surface area contributed by atoms with Gasteiger partial charge in [-0.1, -0.05) is 29.8 Å². The number of rotatable bonds is 4. The molecule has 5 heteroatoms. The fourth-order valence-corrected chi connectivity index (χ4v) is 2.02. The van der Waals surface area contributed by atoms with Gasteiger partial charge >= 0.3 is 0 Å². The molecule has 4 nitrogen and oxygen atoms in total. The molecule has 1 heterocycles. The van der Waals surface area contributed by atoms with E-state index in [4.69, 9.17) is 11.6 Å². The van der Waals surface area contributed by atoms with Crippen molar-refractivity contribution in [1.82, 2.24) is 4.98 Å². The molecule has 1 aromatic heterocycles. The van der Waals surface area contributed by atoms with Gasteiger partial charge < -0.3 is 10.6 Å². The van der Waals surface area contributed by atoms with Gasteiger partial charge in [-0.15, -0.1) is 0 Å². The summed E-state index contributed by atoms with van der Waals surface area (Å²) in [6, 6.07) is 10.9. The van der Waals surface area contributed by atoms with Gasteiger partial charge in [-0.25, -0.2) is 4.98 Å². The maximum atomic E-state index is 12.2. The standard InChI is InChI=1S/C15H16ClN3O/c1-3-17-14-9-11(8-13(16)19-14)15(20)18-12-7-5-4-6-10(12)2/h4-9H,3H2,1-2H3,(H,17,19)(H,18,20). The molecule has 0 aliphatic carbocycles. The average Bonchev–Trinajstić information content (AvgIpc) is 2.41. The normalized spacial score (nSPS) is 10.2. The molecule has 2 rings (SSSR count). The summed E-state index contributed by atoms with van der Waals surface area (Å²) in [6.45, 7) is 4.61. The third-order valence-corrected chi connectivity index (χ3v) is 3.00. The van der Waals surface area contributed by atoms with Crippen molar-refractivity contribution >= 4 is 29.0 Å². The van der Waals surface area contributed by atoms with E-state index in [0.29, 0.717) is 23.1 Å². The number of aryl methyl sites for hydroxylation is 1. The van der Waals surface area contributed by atoms with Crippen molar-refractivity contribution in [3.8, 4) is 0 Å². The third kappa shape index (κ3) is 3.48. The van der Waals surface area contributed by atoms with Crippen LogP contribution in [0.1, 0.15) is 22.8 Å². The first-order valence-corrected chi connectivity index (χ1v) is 6.76. The number of para-hydroxylation sites is 1. The fraction of sp³-hybridized carbons (Fsp3) is 0.200. The molecule has 0 radical (unpaired) electrons. The Labute approximate surface area is 123 Å². The number of carbonyl (C=O) groups excluding carboxylic acids is 1. The second-order valence-corrected chi connectivity index (χ2v) is 4.75. The molecule has 0 atom stereocenters. The van der Waals surface area contributed by atoms with Crippen LogP contribution in [0.5, 0.6) is 0 Å². The highest BCUT2D eigenvalue weighted by Gasteiger charge is 2.10. The van der Waals surface area contributed by atoms with Crippen LogP contribution in [-0.2, 0) is 0 Å². The molecule has 20 heavy (non-hydrogen) atoms. The highest BCUT2D eigenvalue weighted by molar-refractivity contribution is 6.30. The van der Waals surface area contributed by atoms with E-state index in [2.05, 4.69) is 15.6 Å². The number of nitrogens with zero attached hydrogens (tertiary/aromatic N) is 1. The van der Waals surface area contributed by atoms with Crippen molar-refractivity contribution in [3.05, 3.63) is 52.7 Å². The number of amides is 1. The van der Waals surface area contributed by atoms with Crippen LogP contribution in [0.2, 0.25) is 5.15 Å². The van der Waals surface area contributed by atoms with Gasteiger partial charge in [-0.2, -0.15) is 0 Å². The van der Waals surface area contributed by atoms with E-state index in [1.54, 1.807) is 12.1 Å². The van der Waals surface area contributed by atoms with Gasteiger partial charge in [0.2, 0.25) is 0 Å². The number of halogens is 1. The summed E-state index contributed by atoms with van der Waals surface area (Å²) < 4.78 is 0. The summed E-state index contributed by atoms with van der Waals surface area (Å²) in [4.78, 5) is 16.4. The topological polar surface area (TPSA) is 54.0 Å². The van der Waals surface area contributed by atoms with Crippen LogP contribution in [0.4, 0.5) is 11.5 Å². The van der Waals surface area contributed by atoms with E-state index < -0.39 is 0 Å². The molecule has 0 saturated carbocycles. The number of anilines is 2. The van der Waals surface area contributed by atoms with E-state index in [-0.39, 0.29) is 5.91 Å². The average molecular weight is 290 g/mol. The van der Waals surface area contributed by atoms with Gasteiger partial charge in [-0.05, 0) is 37.6 Å². The molecule has 2 N–H and O–H groups in total. The van der Waals surface area contributed by atoms with Gasteiger partial charge in [0.05, 0.1) is 0 Å². The minimum atomic E-state index is -0.206. The molecule has 0 fully saturated rings. The zero-order chi connectivity index (χ0) is 14.5. The Balaban J connectivity index is 2.23. The van der Waals surface area contributed by atoms with E-state index >= 15 is 0 Å². The van der Waals surface area contributed by atoms with E-state index in [1.807, 2.05) is 38.1 Å². The maximum absolute atomic E-state index is 12.2. The summed E-state index contributed by atoms with van der Waals surface area (Å²) in [5, 5.41) is 6.20. The zero-order valence-electron chi connectivity index (χ0n) is 11.4. The maximum Gasteiger partial charge on any atom is 0.255 e. The summed E-state index contributed by atoms with van der Waals surface area (Å²) >= 11 is 5.93. The molecular formula is C15H16ClN3O. The molecule has 0 aliphatic rings. The summed E-state index contributed by atoms with van der Waals surface area (Å²) in [7, 11) is 0. The van der Waals surface area contributed by atoms with Crippen molar-refractivity contribution in [2.24, 2.45) is 0 Å². The van der Waals surface area contributed by atoms with Crippen LogP contribution in [0.3, 0.4) is 0 Å². The predicted molar refractivity (Wildman–Crippen MR) is 82.5 cm³/mol. The van der Waals surface area contributed by atoms with Crippen molar-refractivity contribution in [2.45, 2.75) is 13.8 Å². The molecule has 2 aromatic rings. The van der Waals surface area contributed by atoms with Crippen molar-refractivity contribution in [2.75, 3.05) is 17.2 Å². The molecule has 0 bridgehead atoms. The number of pyridine rings is 1. The van der Waals surface area contributed by atoms with Crippen LogP contribution in [-0.4, -0.2) is 17.4 Å². The van der Waals surface area contributed by atoms with E-state index in [9.17, 15) is 4.79 Å². The lowest BCUT2D eigenvalue weighted by Gasteiger charge is -2.10. The Bertz CT molecular complexity index is 628. The molecule has 0 aliphatic heterocycles. The monoisotopic (exact) mass is 289 g/mol. The Kier molecular flexibility index (Phi) is 4.58. The van der Waals surface area contributed by atoms with Crippen LogP contribution < -0.4 is 10.6 Å². The van der Waals surface area contributed by atoms with E-state index in [0.717, 1.165) is 11.3 Å². The molecule has 1 aromatic carbocycles. The summed E-state index contributed by atoms with van der Waals surface area (Å²) in [6.07, 6.45) is 0. The lowest BCUT2D eigenvalue weighted by Crippen LogP contribution is -2.13. The van der Waals surface area contributed by atoms with Crippen LogP contribution >= 0.6 is 11.6 Å². The first-order valence-electron chi connectivity index (χ1n) is 6.38. The van der Waals surface area contributed by atoms with Crippen molar-refractivity contribution in [3.63, 3.8) is 0 Å². The largest absolute Gasteiger partial charge is 0.370 e. The fourth-order valence-electron chi connectivity index (χ4n) is 1.81.